The van der Waals surface area contributed by atoms with E-state index in [0.29, 0.717) is 17.9 Å². The Labute approximate surface area is 111 Å². The summed E-state index contributed by atoms with van der Waals surface area (Å²) in [6, 6.07) is 8.38. The van der Waals surface area contributed by atoms with Crippen molar-refractivity contribution in [3.8, 4) is 0 Å². The Balaban J connectivity index is 1.97. The highest BCUT2D eigenvalue weighted by molar-refractivity contribution is 7.89. The maximum Gasteiger partial charge on any atom is 0.240 e. The lowest BCUT2D eigenvalue weighted by Gasteiger charge is -2.05. The van der Waals surface area contributed by atoms with Crippen LogP contribution in [0.25, 0.3) is 0 Å². The Morgan fingerprint density at radius 3 is 2.61 bits per heavy atom. The van der Waals surface area contributed by atoms with Gasteiger partial charge in [-0.15, -0.1) is 11.3 Å². The van der Waals surface area contributed by atoms with Gasteiger partial charge in [-0.2, -0.15) is 0 Å². The molecule has 0 aliphatic rings. The van der Waals surface area contributed by atoms with E-state index in [9.17, 15) is 8.42 Å². The average Bonchev–Trinajstić information content (AvgIpc) is 2.76. The van der Waals surface area contributed by atoms with E-state index in [0.717, 1.165) is 10.6 Å². The van der Waals surface area contributed by atoms with Crippen molar-refractivity contribution in [2.75, 3.05) is 6.54 Å². The molecule has 6 heteroatoms. The maximum atomic E-state index is 11.9. The predicted molar refractivity (Wildman–Crippen MR) is 72.2 cm³/mol. The molecule has 0 radical (unpaired) electrons. The van der Waals surface area contributed by atoms with Gasteiger partial charge in [0, 0.05) is 11.4 Å². The van der Waals surface area contributed by atoms with Gasteiger partial charge in [0.25, 0.3) is 0 Å². The zero-order valence-corrected chi connectivity index (χ0v) is 11.6. The van der Waals surface area contributed by atoms with Gasteiger partial charge in [0.15, 0.2) is 0 Å². The van der Waals surface area contributed by atoms with Gasteiger partial charge in [-0.3, -0.25) is 0 Å². The van der Waals surface area contributed by atoms with E-state index in [4.69, 9.17) is 0 Å². The second kappa shape index (κ2) is 5.60. The van der Waals surface area contributed by atoms with Crippen molar-refractivity contribution < 1.29 is 8.42 Å². The highest BCUT2D eigenvalue weighted by atomic mass is 32.2. The Hall–Kier alpha value is -1.24. The number of hydrogen-bond acceptors (Lipinski definition) is 4. The molecule has 0 fully saturated rings. The second-order valence-corrected chi connectivity index (χ2v) is 6.53. The monoisotopic (exact) mass is 282 g/mol. The largest absolute Gasteiger partial charge is 0.250 e. The van der Waals surface area contributed by atoms with E-state index in [1.54, 1.807) is 47.2 Å². The van der Waals surface area contributed by atoms with Crippen LogP contribution in [0.3, 0.4) is 0 Å². The van der Waals surface area contributed by atoms with Crippen molar-refractivity contribution in [2.45, 2.75) is 18.2 Å². The molecular weight excluding hydrogens is 268 g/mol. The molecule has 0 amide bonds. The standard InChI is InChI=1S/C12H14N2O2S2/c1-10-12(17-9-13-10)7-8-14-18(15,16)11-5-3-2-4-6-11/h2-6,9,14H,7-8H2,1H3. The van der Waals surface area contributed by atoms with Crippen molar-refractivity contribution in [3.05, 3.63) is 46.4 Å². The molecule has 0 aliphatic carbocycles. The van der Waals surface area contributed by atoms with Gasteiger partial charge < -0.3 is 0 Å². The smallest absolute Gasteiger partial charge is 0.240 e. The first-order valence-electron chi connectivity index (χ1n) is 5.53. The third kappa shape index (κ3) is 3.16. The summed E-state index contributed by atoms with van der Waals surface area (Å²) in [5.74, 6) is 0. The molecule has 1 aromatic carbocycles. The number of sulfonamides is 1. The van der Waals surface area contributed by atoms with E-state index in [-0.39, 0.29) is 0 Å². The van der Waals surface area contributed by atoms with Crippen LogP contribution in [0.2, 0.25) is 0 Å². The summed E-state index contributed by atoms with van der Waals surface area (Å²) in [6.45, 7) is 2.32. The Kier molecular flexibility index (Phi) is 4.11. The molecule has 4 nitrogen and oxygen atoms in total. The summed E-state index contributed by atoms with van der Waals surface area (Å²) >= 11 is 1.55. The summed E-state index contributed by atoms with van der Waals surface area (Å²) in [6.07, 6.45) is 0.669. The number of aromatic nitrogens is 1. The summed E-state index contributed by atoms with van der Waals surface area (Å²) in [5, 5.41) is 0. The third-order valence-corrected chi connectivity index (χ3v) is 5.01. The zero-order valence-electron chi connectivity index (χ0n) is 9.96. The van der Waals surface area contributed by atoms with E-state index in [1.165, 1.54) is 0 Å². The lowest BCUT2D eigenvalue weighted by Crippen LogP contribution is -2.25. The fourth-order valence-electron chi connectivity index (χ4n) is 1.55. The summed E-state index contributed by atoms with van der Waals surface area (Å²) < 4.78 is 26.4. The van der Waals surface area contributed by atoms with Crippen molar-refractivity contribution in [1.29, 1.82) is 0 Å². The van der Waals surface area contributed by atoms with Crippen molar-refractivity contribution in [2.24, 2.45) is 0 Å². The van der Waals surface area contributed by atoms with E-state index in [1.807, 2.05) is 6.92 Å². The lowest BCUT2D eigenvalue weighted by atomic mass is 10.3. The minimum atomic E-state index is -3.39. The Bertz CT molecular complexity index is 606. The highest BCUT2D eigenvalue weighted by Gasteiger charge is 2.12. The van der Waals surface area contributed by atoms with Gasteiger partial charge in [-0.1, -0.05) is 18.2 Å². The van der Waals surface area contributed by atoms with Gasteiger partial charge in [-0.05, 0) is 25.5 Å². The molecule has 96 valence electrons. The molecule has 2 aromatic rings. The number of nitrogens with one attached hydrogen (secondary N) is 1. The second-order valence-electron chi connectivity index (χ2n) is 3.82. The number of aryl methyl sites for hydroxylation is 1. The fourth-order valence-corrected chi connectivity index (χ4v) is 3.38. The predicted octanol–water partition coefficient (Wildman–Crippen LogP) is 1.97. The fraction of sp³-hybridized carbons (Fsp3) is 0.250. The third-order valence-electron chi connectivity index (χ3n) is 2.54. The van der Waals surface area contributed by atoms with Crippen molar-refractivity contribution >= 4 is 21.4 Å². The lowest BCUT2D eigenvalue weighted by molar-refractivity contribution is 0.582. The molecule has 0 saturated carbocycles. The number of rotatable bonds is 5. The Morgan fingerprint density at radius 2 is 2.00 bits per heavy atom. The van der Waals surface area contributed by atoms with Crippen molar-refractivity contribution in [1.82, 2.24) is 9.71 Å². The SMILES string of the molecule is Cc1ncsc1CCNS(=O)(=O)c1ccccc1. The van der Waals surface area contributed by atoms with Gasteiger partial charge in [0.05, 0.1) is 16.1 Å². The number of benzene rings is 1. The van der Waals surface area contributed by atoms with Crippen LogP contribution in [-0.4, -0.2) is 19.9 Å². The van der Waals surface area contributed by atoms with Crippen LogP contribution in [0.15, 0.2) is 40.7 Å². The van der Waals surface area contributed by atoms with Gasteiger partial charge in [-0.25, -0.2) is 18.1 Å². The topological polar surface area (TPSA) is 59.1 Å². The van der Waals surface area contributed by atoms with Crippen LogP contribution in [0.1, 0.15) is 10.6 Å². The molecular formula is C12H14N2O2S2. The van der Waals surface area contributed by atoms with Crippen LogP contribution in [-0.2, 0) is 16.4 Å². The van der Waals surface area contributed by atoms with Crippen LogP contribution < -0.4 is 4.72 Å². The molecule has 0 aliphatic heterocycles. The molecule has 0 atom stereocenters. The Morgan fingerprint density at radius 1 is 1.28 bits per heavy atom. The molecule has 2 rings (SSSR count). The van der Waals surface area contributed by atoms with Crippen LogP contribution in [0.4, 0.5) is 0 Å². The first-order valence-corrected chi connectivity index (χ1v) is 7.89. The summed E-state index contributed by atoms with van der Waals surface area (Å²) in [4.78, 5) is 5.54. The molecule has 1 heterocycles. The maximum absolute atomic E-state index is 11.9. The minimum Gasteiger partial charge on any atom is -0.250 e. The molecule has 0 unspecified atom stereocenters. The first kappa shape index (κ1) is 13.2. The molecule has 1 N–H and O–H groups in total. The normalized spacial score (nSPS) is 11.6. The minimum absolute atomic E-state index is 0.297. The summed E-state index contributed by atoms with van der Waals surface area (Å²) in [7, 11) is -3.39. The van der Waals surface area contributed by atoms with Gasteiger partial charge in [0.2, 0.25) is 10.0 Å². The number of hydrogen-bond donors (Lipinski definition) is 1. The van der Waals surface area contributed by atoms with Crippen LogP contribution in [0, 0.1) is 6.92 Å². The van der Waals surface area contributed by atoms with Gasteiger partial charge in [0.1, 0.15) is 0 Å². The quantitative estimate of drug-likeness (QED) is 0.912. The van der Waals surface area contributed by atoms with E-state index >= 15 is 0 Å². The van der Waals surface area contributed by atoms with Crippen LogP contribution in [0.5, 0.6) is 0 Å². The highest BCUT2D eigenvalue weighted by Crippen LogP contribution is 2.13. The molecule has 0 saturated heterocycles. The average molecular weight is 282 g/mol. The number of nitrogens with zero attached hydrogens (tertiary/aromatic N) is 1. The molecule has 0 spiro atoms. The molecule has 0 bridgehead atoms. The molecule has 18 heavy (non-hydrogen) atoms. The van der Waals surface area contributed by atoms with E-state index < -0.39 is 10.0 Å². The zero-order chi connectivity index (χ0) is 13.0. The van der Waals surface area contributed by atoms with Crippen LogP contribution >= 0.6 is 11.3 Å². The number of thiazole rings is 1. The van der Waals surface area contributed by atoms with Gasteiger partial charge >= 0.3 is 0 Å². The van der Waals surface area contributed by atoms with Crippen molar-refractivity contribution in [3.63, 3.8) is 0 Å². The summed E-state index contributed by atoms with van der Waals surface area (Å²) in [5.41, 5.74) is 2.75. The first-order chi connectivity index (χ1) is 8.59. The van der Waals surface area contributed by atoms with E-state index in [2.05, 4.69) is 9.71 Å². The molecule has 1 aromatic heterocycles.